The molecule has 0 aliphatic heterocycles. The fourth-order valence-corrected chi connectivity index (χ4v) is 2.98. The lowest BCUT2D eigenvalue weighted by Crippen LogP contribution is -2.14. The fraction of sp³-hybridized carbons (Fsp3) is 0.308. The van der Waals surface area contributed by atoms with Gasteiger partial charge >= 0.3 is 0 Å². The van der Waals surface area contributed by atoms with Gasteiger partial charge in [-0.2, -0.15) is 8.42 Å². The van der Waals surface area contributed by atoms with Gasteiger partial charge in [-0.3, -0.25) is 4.72 Å². The molecule has 2 rings (SSSR count). The molecule has 1 heterocycles. The smallest absolute Gasteiger partial charge is 0.281 e. The SMILES string of the molecule is CCn1cc(S(=O)(=O)Nc2ccc(OC)cc2N)nc1C. The zero-order chi connectivity index (χ0) is 15.6. The molecule has 0 bridgehead atoms. The van der Waals surface area contributed by atoms with Crippen LogP contribution in [0.3, 0.4) is 0 Å². The molecule has 0 aliphatic rings. The molecule has 7 nitrogen and oxygen atoms in total. The maximum Gasteiger partial charge on any atom is 0.281 e. The maximum absolute atomic E-state index is 12.3. The Bertz CT molecular complexity index is 753. The quantitative estimate of drug-likeness (QED) is 0.817. The van der Waals surface area contributed by atoms with E-state index in [4.69, 9.17) is 10.5 Å². The van der Waals surface area contributed by atoms with Crippen molar-refractivity contribution in [2.45, 2.75) is 25.4 Å². The average molecular weight is 310 g/mol. The van der Waals surface area contributed by atoms with Crippen molar-refractivity contribution in [2.75, 3.05) is 17.6 Å². The Labute approximate surface area is 123 Å². The van der Waals surface area contributed by atoms with Gasteiger partial charge in [0.25, 0.3) is 10.0 Å². The van der Waals surface area contributed by atoms with Gasteiger partial charge in [-0.1, -0.05) is 0 Å². The third-order valence-corrected chi connectivity index (χ3v) is 4.31. The Morgan fingerprint density at radius 3 is 2.67 bits per heavy atom. The lowest BCUT2D eigenvalue weighted by molar-refractivity contribution is 0.415. The van der Waals surface area contributed by atoms with Crippen molar-refractivity contribution >= 4 is 21.4 Å². The van der Waals surface area contributed by atoms with Crippen molar-refractivity contribution in [2.24, 2.45) is 0 Å². The lowest BCUT2D eigenvalue weighted by Gasteiger charge is -2.09. The molecular weight excluding hydrogens is 292 g/mol. The van der Waals surface area contributed by atoms with Gasteiger partial charge in [0.15, 0.2) is 5.03 Å². The van der Waals surface area contributed by atoms with Crippen LogP contribution in [0.25, 0.3) is 0 Å². The minimum Gasteiger partial charge on any atom is -0.497 e. The monoisotopic (exact) mass is 310 g/mol. The van der Waals surface area contributed by atoms with Gasteiger partial charge < -0.3 is 15.0 Å². The van der Waals surface area contributed by atoms with Crippen LogP contribution in [0.1, 0.15) is 12.7 Å². The molecule has 0 saturated heterocycles. The molecule has 8 heteroatoms. The molecule has 0 saturated carbocycles. The molecule has 2 aromatic rings. The van der Waals surface area contributed by atoms with E-state index >= 15 is 0 Å². The summed E-state index contributed by atoms with van der Waals surface area (Å²) in [6.45, 7) is 4.32. The molecule has 0 amide bonds. The van der Waals surface area contributed by atoms with Crippen LogP contribution >= 0.6 is 0 Å². The van der Waals surface area contributed by atoms with Gasteiger partial charge in [-0.15, -0.1) is 0 Å². The summed E-state index contributed by atoms with van der Waals surface area (Å²) >= 11 is 0. The standard InChI is InChI=1S/C13H18N4O3S/c1-4-17-8-13(15-9(17)2)21(18,19)16-12-6-5-10(20-3)7-11(12)14/h5-8,16H,4,14H2,1-3H3. The Morgan fingerprint density at radius 1 is 1.43 bits per heavy atom. The molecule has 0 fully saturated rings. The van der Waals surface area contributed by atoms with E-state index in [9.17, 15) is 8.42 Å². The van der Waals surface area contributed by atoms with E-state index in [2.05, 4.69) is 9.71 Å². The summed E-state index contributed by atoms with van der Waals surface area (Å²) in [5.41, 5.74) is 6.38. The third kappa shape index (κ3) is 3.10. The van der Waals surface area contributed by atoms with Gasteiger partial charge in [0.05, 0.1) is 18.5 Å². The second kappa shape index (κ2) is 5.65. The summed E-state index contributed by atoms with van der Waals surface area (Å²) < 4.78 is 33.8. The number of benzene rings is 1. The molecule has 0 aliphatic carbocycles. The van der Waals surface area contributed by atoms with Gasteiger partial charge in [-0.25, -0.2) is 4.98 Å². The highest BCUT2D eigenvalue weighted by Gasteiger charge is 2.20. The summed E-state index contributed by atoms with van der Waals surface area (Å²) in [4.78, 5) is 4.06. The third-order valence-electron chi connectivity index (χ3n) is 3.07. The van der Waals surface area contributed by atoms with Crippen LogP contribution in [0.15, 0.2) is 29.4 Å². The maximum atomic E-state index is 12.3. The van der Waals surface area contributed by atoms with Crippen molar-refractivity contribution in [3.05, 3.63) is 30.2 Å². The number of ether oxygens (including phenoxy) is 1. The number of sulfonamides is 1. The van der Waals surface area contributed by atoms with Crippen LogP contribution in [-0.4, -0.2) is 25.1 Å². The zero-order valence-corrected chi connectivity index (χ0v) is 12.9. The summed E-state index contributed by atoms with van der Waals surface area (Å²) in [6, 6.07) is 4.73. The van der Waals surface area contributed by atoms with Crippen molar-refractivity contribution < 1.29 is 13.2 Å². The number of nitrogens with two attached hydrogens (primary N) is 1. The predicted molar refractivity (Wildman–Crippen MR) is 80.9 cm³/mol. The molecule has 0 unspecified atom stereocenters. The summed E-state index contributed by atoms with van der Waals surface area (Å²) in [5, 5.41) is -0.0305. The zero-order valence-electron chi connectivity index (χ0n) is 12.1. The predicted octanol–water partition coefficient (Wildman–Crippen LogP) is 1.60. The Hall–Kier alpha value is -2.22. The van der Waals surface area contributed by atoms with E-state index in [1.54, 1.807) is 29.7 Å². The first kappa shape index (κ1) is 15.2. The molecule has 0 spiro atoms. The number of imidazole rings is 1. The van der Waals surface area contributed by atoms with Crippen LogP contribution in [0, 0.1) is 6.92 Å². The number of nitrogens with zero attached hydrogens (tertiary/aromatic N) is 2. The van der Waals surface area contributed by atoms with E-state index in [0.717, 1.165) is 0 Å². The average Bonchev–Trinajstić information content (AvgIpc) is 2.83. The van der Waals surface area contributed by atoms with Gasteiger partial charge in [0, 0.05) is 18.8 Å². The summed E-state index contributed by atoms with van der Waals surface area (Å²) in [7, 11) is -2.26. The van der Waals surface area contributed by atoms with Crippen LogP contribution in [0.2, 0.25) is 0 Å². The van der Waals surface area contributed by atoms with E-state index in [1.165, 1.54) is 13.3 Å². The number of anilines is 2. The molecule has 114 valence electrons. The highest BCUT2D eigenvalue weighted by Crippen LogP contribution is 2.26. The minimum atomic E-state index is -3.77. The first-order chi connectivity index (χ1) is 9.87. The molecular formula is C13H18N4O3S. The number of nitrogens with one attached hydrogen (secondary N) is 1. The van der Waals surface area contributed by atoms with Crippen LogP contribution < -0.4 is 15.2 Å². The molecule has 1 aromatic carbocycles. The largest absolute Gasteiger partial charge is 0.497 e. The van der Waals surface area contributed by atoms with Crippen molar-refractivity contribution in [3.8, 4) is 5.75 Å². The molecule has 21 heavy (non-hydrogen) atoms. The van der Waals surface area contributed by atoms with E-state index < -0.39 is 10.0 Å². The van der Waals surface area contributed by atoms with Crippen molar-refractivity contribution in [3.63, 3.8) is 0 Å². The summed E-state index contributed by atoms with van der Waals surface area (Å²) in [6.07, 6.45) is 1.50. The van der Waals surface area contributed by atoms with Crippen molar-refractivity contribution in [1.29, 1.82) is 0 Å². The van der Waals surface area contributed by atoms with Crippen LogP contribution in [0.5, 0.6) is 5.75 Å². The normalized spacial score (nSPS) is 11.4. The van der Waals surface area contributed by atoms with Gasteiger partial charge in [0.1, 0.15) is 11.6 Å². The second-order valence-corrected chi connectivity index (χ2v) is 6.10. The lowest BCUT2D eigenvalue weighted by atomic mass is 10.2. The number of aryl methyl sites for hydroxylation is 2. The molecule has 3 N–H and O–H groups in total. The first-order valence-electron chi connectivity index (χ1n) is 6.37. The first-order valence-corrected chi connectivity index (χ1v) is 7.85. The van der Waals surface area contributed by atoms with E-state index in [-0.39, 0.29) is 10.7 Å². The van der Waals surface area contributed by atoms with Gasteiger partial charge in [0.2, 0.25) is 0 Å². The molecule has 1 aromatic heterocycles. The number of methoxy groups -OCH3 is 1. The Morgan fingerprint density at radius 2 is 2.14 bits per heavy atom. The van der Waals surface area contributed by atoms with E-state index in [0.29, 0.717) is 23.8 Å². The van der Waals surface area contributed by atoms with E-state index in [1.807, 2.05) is 6.92 Å². The van der Waals surface area contributed by atoms with Crippen LogP contribution in [0.4, 0.5) is 11.4 Å². The van der Waals surface area contributed by atoms with Crippen LogP contribution in [-0.2, 0) is 16.6 Å². The highest BCUT2D eigenvalue weighted by atomic mass is 32.2. The molecule has 0 radical (unpaired) electrons. The Kier molecular flexibility index (Phi) is 4.08. The minimum absolute atomic E-state index is 0.0305. The summed E-state index contributed by atoms with van der Waals surface area (Å²) in [5.74, 6) is 1.20. The topological polar surface area (TPSA) is 99.2 Å². The fourth-order valence-electron chi connectivity index (χ4n) is 1.89. The number of rotatable bonds is 5. The molecule has 0 atom stereocenters. The van der Waals surface area contributed by atoms with Gasteiger partial charge in [-0.05, 0) is 26.0 Å². The highest BCUT2D eigenvalue weighted by molar-refractivity contribution is 7.92. The number of hydrogen-bond acceptors (Lipinski definition) is 5. The number of hydrogen-bond donors (Lipinski definition) is 2. The number of nitrogen functional groups attached to an aromatic ring is 1. The Balaban J connectivity index is 2.32. The number of aromatic nitrogens is 2. The van der Waals surface area contributed by atoms with Crippen molar-refractivity contribution in [1.82, 2.24) is 9.55 Å². The second-order valence-electron chi connectivity index (χ2n) is 4.47.